The van der Waals surface area contributed by atoms with E-state index in [1.807, 2.05) is 0 Å². The quantitative estimate of drug-likeness (QED) is 0.704. The Balaban J connectivity index is -0.000000256. The van der Waals surface area contributed by atoms with Crippen molar-refractivity contribution in [3.05, 3.63) is 0 Å². The van der Waals surface area contributed by atoms with Gasteiger partial charge in [-0.05, 0) is 0 Å². The van der Waals surface area contributed by atoms with Gasteiger partial charge in [-0.25, -0.2) is 0 Å². The van der Waals surface area contributed by atoms with Gasteiger partial charge in [0.15, 0.2) is 0 Å². The van der Waals surface area contributed by atoms with Crippen molar-refractivity contribution in [1.82, 2.24) is 9.30 Å². The second-order valence-electron chi connectivity index (χ2n) is 9.25. The van der Waals surface area contributed by atoms with E-state index in [4.69, 9.17) is 0 Å². The standard InChI is InChI=1S/2C6H19NSi2.Fe/c2*1-8(2,3)7-9(4,5)6;/h2*7H,1-6H3;. The first-order valence-corrected chi connectivity index (χ1v) is 21.0. The van der Waals surface area contributed by atoms with Crippen molar-refractivity contribution >= 4 is 32.9 Å². The SMILES string of the molecule is C[Si](C)(C)N[Si](C)(C)C.C[Si](C)(C)N[Si](C)(C)C.[Fe]. The molecule has 0 heterocycles. The van der Waals surface area contributed by atoms with Crippen LogP contribution >= 0.6 is 0 Å². The van der Waals surface area contributed by atoms with Gasteiger partial charge < -0.3 is 9.30 Å². The zero-order valence-corrected chi connectivity index (χ0v) is 20.5. The zero-order chi connectivity index (χ0) is 15.4. The summed E-state index contributed by atoms with van der Waals surface area (Å²) in [6, 6.07) is 0. The van der Waals surface area contributed by atoms with Crippen LogP contribution in [0.25, 0.3) is 0 Å². The van der Waals surface area contributed by atoms with Crippen molar-refractivity contribution in [2.24, 2.45) is 0 Å². The summed E-state index contributed by atoms with van der Waals surface area (Å²) in [6.07, 6.45) is 0. The minimum absolute atomic E-state index is 0. The first kappa shape index (κ1) is 25.3. The molecule has 0 bridgehead atoms. The van der Waals surface area contributed by atoms with Gasteiger partial charge in [-0.3, -0.25) is 0 Å². The Morgan fingerprint density at radius 1 is 0.368 bits per heavy atom. The Bertz CT molecular complexity index is 184. The smallest absolute Gasteiger partial charge is 0.109 e. The molecule has 7 heteroatoms. The summed E-state index contributed by atoms with van der Waals surface area (Å²) in [5.74, 6) is 0. The molecule has 0 spiro atoms. The maximum atomic E-state index is 3.74. The van der Waals surface area contributed by atoms with Gasteiger partial charge >= 0.3 is 0 Å². The number of hydrogen-bond acceptors (Lipinski definition) is 2. The van der Waals surface area contributed by atoms with E-state index in [0.717, 1.165) is 0 Å². The van der Waals surface area contributed by atoms with Crippen LogP contribution in [0.4, 0.5) is 0 Å². The van der Waals surface area contributed by atoms with Crippen molar-refractivity contribution in [3.8, 4) is 0 Å². The maximum Gasteiger partial charge on any atom is 0.109 e. The number of hydrogen-bond donors (Lipinski definition) is 2. The van der Waals surface area contributed by atoms with Gasteiger partial charge in [-0.15, -0.1) is 0 Å². The molecular weight excluding hydrogens is 340 g/mol. The van der Waals surface area contributed by atoms with E-state index in [9.17, 15) is 0 Å². The Kier molecular flexibility index (Phi) is 11.5. The summed E-state index contributed by atoms with van der Waals surface area (Å²) in [5.41, 5.74) is 0. The Morgan fingerprint density at radius 3 is 0.474 bits per heavy atom. The van der Waals surface area contributed by atoms with Crippen molar-refractivity contribution in [2.45, 2.75) is 78.6 Å². The molecule has 0 unspecified atom stereocenters. The third kappa shape index (κ3) is 32.7. The van der Waals surface area contributed by atoms with Crippen molar-refractivity contribution < 1.29 is 17.1 Å². The van der Waals surface area contributed by atoms with Crippen LogP contribution in [0.2, 0.25) is 78.6 Å². The third-order valence-corrected chi connectivity index (χ3v) is 13.5. The van der Waals surface area contributed by atoms with Gasteiger partial charge in [-0.1, -0.05) is 78.6 Å². The predicted molar refractivity (Wildman–Crippen MR) is 99.7 cm³/mol. The summed E-state index contributed by atoms with van der Waals surface area (Å²) in [7, 11) is -3.92. The summed E-state index contributed by atoms with van der Waals surface area (Å²) in [4.78, 5) is 0. The molecule has 19 heavy (non-hydrogen) atoms. The molecule has 0 aromatic carbocycles. The number of rotatable bonds is 4. The molecule has 0 fully saturated rings. The van der Waals surface area contributed by atoms with E-state index in [0.29, 0.717) is 0 Å². The van der Waals surface area contributed by atoms with Crippen LogP contribution in [0, 0.1) is 0 Å². The molecule has 0 radical (unpaired) electrons. The molecule has 0 saturated heterocycles. The van der Waals surface area contributed by atoms with Crippen LogP contribution in [-0.2, 0) is 17.1 Å². The number of nitrogens with one attached hydrogen (secondary N) is 2. The van der Waals surface area contributed by atoms with E-state index in [2.05, 4.69) is 87.9 Å². The summed E-state index contributed by atoms with van der Waals surface area (Å²) in [5, 5.41) is 0. The Morgan fingerprint density at radius 2 is 0.474 bits per heavy atom. The Labute approximate surface area is 137 Å². The van der Waals surface area contributed by atoms with E-state index in [-0.39, 0.29) is 17.1 Å². The van der Waals surface area contributed by atoms with Gasteiger partial charge in [0, 0.05) is 17.1 Å². The summed E-state index contributed by atoms with van der Waals surface area (Å²) in [6.45, 7) is 28.2. The molecule has 0 aliphatic heterocycles. The molecule has 0 atom stereocenters. The van der Waals surface area contributed by atoms with Crippen molar-refractivity contribution in [3.63, 3.8) is 0 Å². The normalized spacial score (nSPS) is 13.3. The largest absolute Gasteiger partial charge is 0.360 e. The second-order valence-corrected chi connectivity index (χ2v) is 29.2. The minimum atomic E-state index is -0.981. The average Bonchev–Trinajstić information content (AvgIpc) is 1.64. The van der Waals surface area contributed by atoms with Gasteiger partial charge in [-0.2, -0.15) is 0 Å². The van der Waals surface area contributed by atoms with Crippen molar-refractivity contribution in [1.29, 1.82) is 0 Å². The van der Waals surface area contributed by atoms with E-state index in [1.165, 1.54) is 0 Å². The summed E-state index contributed by atoms with van der Waals surface area (Å²) >= 11 is 0. The molecule has 0 aliphatic rings. The molecule has 0 saturated carbocycles. The molecule has 0 aromatic rings. The van der Waals surface area contributed by atoms with Crippen molar-refractivity contribution in [2.75, 3.05) is 0 Å². The van der Waals surface area contributed by atoms with Crippen LogP contribution in [0.5, 0.6) is 0 Å². The molecule has 0 aromatic heterocycles. The van der Waals surface area contributed by atoms with Crippen LogP contribution in [0.1, 0.15) is 0 Å². The first-order valence-electron chi connectivity index (χ1n) is 7.00. The summed E-state index contributed by atoms with van der Waals surface area (Å²) < 4.78 is 7.47. The fourth-order valence-electron chi connectivity index (χ4n) is 2.25. The second kappa shape index (κ2) is 8.68. The molecule has 120 valence electrons. The van der Waals surface area contributed by atoms with E-state index < -0.39 is 32.9 Å². The molecule has 2 N–H and O–H groups in total. The van der Waals surface area contributed by atoms with Crippen LogP contribution in [0.15, 0.2) is 0 Å². The molecule has 2 nitrogen and oxygen atoms in total. The zero-order valence-electron chi connectivity index (χ0n) is 15.4. The average molecular weight is 379 g/mol. The van der Waals surface area contributed by atoms with Crippen LogP contribution in [0.3, 0.4) is 0 Å². The van der Waals surface area contributed by atoms with Crippen LogP contribution in [-0.4, -0.2) is 32.9 Å². The molecular formula is C12H38FeN2Si4. The van der Waals surface area contributed by atoms with Crippen LogP contribution < -0.4 is 9.30 Å². The fourth-order valence-corrected chi connectivity index (χ4v) is 20.2. The predicted octanol–water partition coefficient (Wildman–Crippen LogP) is 4.49. The maximum absolute atomic E-state index is 3.74. The van der Waals surface area contributed by atoms with Gasteiger partial charge in [0.05, 0.1) is 0 Å². The molecule has 0 aliphatic carbocycles. The monoisotopic (exact) mass is 378 g/mol. The topological polar surface area (TPSA) is 24.1 Å². The third-order valence-electron chi connectivity index (χ3n) is 1.50. The van der Waals surface area contributed by atoms with Gasteiger partial charge in [0.2, 0.25) is 0 Å². The Hall–Kier alpha value is 1.31. The minimum Gasteiger partial charge on any atom is -0.360 e. The molecule has 0 amide bonds. The van der Waals surface area contributed by atoms with E-state index in [1.54, 1.807) is 0 Å². The molecule has 0 rings (SSSR count). The van der Waals surface area contributed by atoms with E-state index >= 15 is 0 Å². The fraction of sp³-hybridized carbons (Fsp3) is 1.00. The first-order chi connectivity index (χ1) is 7.41. The van der Waals surface area contributed by atoms with Gasteiger partial charge in [0.25, 0.3) is 0 Å². The van der Waals surface area contributed by atoms with Gasteiger partial charge in [0.1, 0.15) is 32.9 Å².